The van der Waals surface area contributed by atoms with Crippen LogP contribution < -0.4 is 21.1 Å². The molecule has 5 N–H and O–H groups in total. The molecule has 236 valence electrons. The van der Waals surface area contributed by atoms with Gasteiger partial charge in [-0.25, -0.2) is 27.0 Å². The van der Waals surface area contributed by atoms with Gasteiger partial charge in [0.25, 0.3) is 0 Å². The van der Waals surface area contributed by atoms with Crippen molar-refractivity contribution in [2.45, 2.75) is 36.7 Å². The summed E-state index contributed by atoms with van der Waals surface area (Å²) in [6.45, 7) is 1.68. The Morgan fingerprint density at radius 1 is 1.11 bits per heavy atom. The summed E-state index contributed by atoms with van der Waals surface area (Å²) in [5.41, 5.74) is 6.57. The van der Waals surface area contributed by atoms with Gasteiger partial charge in [0.2, 0.25) is 5.91 Å². The van der Waals surface area contributed by atoms with E-state index in [9.17, 15) is 27.5 Å². The zero-order chi connectivity index (χ0) is 32.5. The molecule has 1 aromatic heterocycles. The number of hydrogen-bond donors (Lipinski definition) is 4. The van der Waals surface area contributed by atoms with Gasteiger partial charge in [-0.3, -0.25) is 10.1 Å². The minimum Gasteiger partial charge on any atom is -0.494 e. The number of fused-ring (bicyclic) bond motifs is 1. The summed E-state index contributed by atoms with van der Waals surface area (Å²) in [6.07, 6.45) is 1.03. The third-order valence-corrected chi connectivity index (χ3v) is 9.61. The quantitative estimate of drug-likeness (QED) is 0.185. The molecule has 45 heavy (non-hydrogen) atoms. The first-order valence-corrected chi connectivity index (χ1v) is 15.7. The molecule has 0 radical (unpaired) electrons. The Bertz CT molecular complexity index is 1910. The van der Waals surface area contributed by atoms with Crippen molar-refractivity contribution >= 4 is 49.8 Å². The number of amides is 2. The van der Waals surface area contributed by atoms with Gasteiger partial charge in [-0.2, -0.15) is 0 Å². The number of halogens is 2. The molecule has 0 spiro atoms. The first-order valence-electron chi connectivity index (χ1n) is 14.0. The van der Waals surface area contributed by atoms with Gasteiger partial charge in [-0.05, 0) is 72.3 Å². The standard InChI is InChI=1S/C31H31F2N5O6S/c1-3-45(42,43)27-9-7-19(37-31(40)41)14-22(27)25-5-4-12-38(25)30(39)28(21-15-26(44-2)24(33)16-23(21)32)36-18-6-8-20-17(13-18)10-11-35-29(20)34/h6-11,13-16,25,28,36-37H,3-5,12H2,1-2H3,(H2,34,35)(H,40,41)/t25-,28-/m1/s1. The molecule has 3 aromatic carbocycles. The number of carbonyl (C=O) groups excluding carboxylic acids is 1. The van der Waals surface area contributed by atoms with E-state index in [1.165, 1.54) is 43.3 Å². The van der Waals surface area contributed by atoms with E-state index in [1.807, 2.05) is 0 Å². The van der Waals surface area contributed by atoms with Crippen molar-refractivity contribution < 1.29 is 36.6 Å². The number of aromatic nitrogens is 1. The monoisotopic (exact) mass is 639 g/mol. The summed E-state index contributed by atoms with van der Waals surface area (Å²) >= 11 is 0. The van der Waals surface area contributed by atoms with Crippen LogP contribution in [0.2, 0.25) is 0 Å². The molecule has 14 heteroatoms. The molecule has 2 atom stereocenters. The summed E-state index contributed by atoms with van der Waals surface area (Å²) in [7, 11) is -2.57. The van der Waals surface area contributed by atoms with Crippen LogP contribution in [0.5, 0.6) is 5.75 Å². The van der Waals surface area contributed by atoms with Crippen LogP contribution in [0.25, 0.3) is 10.8 Å². The number of nitrogens with two attached hydrogens (primary N) is 1. The number of anilines is 3. The Morgan fingerprint density at radius 2 is 1.87 bits per heavy atom. The highest BCUT2D eigenvalue weighted by Crippen LogP contribution is 2.40. The van der Waals surface area contributed by atoms with Gasteiger partial charge in [-0.15, -0.1) is 0 Å². The number of likely N-dealkylation sites (tertiary alicyclic amines) is 1. The molecule has 1 saturated heterocycles. The van der Waals surface area contributed by atoms with Gasteiger partial charge >= 0.3 is 6.09 Å². The van der Waals surface area contributed by atoms with Crippen molar-refractivity contribution in [3.63, 3.8) is 0 Å². The van der Waals surface area contributed by atoms with Crippen molar-refractivity contribution in [2.24, 2.45) is 0 Å². The average molecular weight is 640 g/mol. The predicted octanol–water partition coefficient (Wildman–Crippen LogP) is 5.50. The number of rotatable bonds is 9. The number of carbonyl (C=O) groups is 2. The molecule has 0 bridgehead atoms. The number of carboxylic acid groups (broad SMARTS) is 1. The van der Waals surface area contributed by atoms with Gasteiger partial charge in [0.1, 0.15) is 17.7 Å². The number of hydrogen-bond acceptors (Lipinski definition) is 8. The van der Waals surface area contributed by atoms with Crippen LogP contribution >= 0.6 is 0 Å². The van der Waals surface area contributed by atoms with Crippen LogP contribution in [-0.4, -0.2) is 54.8 Å². The minimum absolute atomic E-state index is 0.0366. The number of pyridine rings is 1. The number of methoxy groups -OCH3 is 1. The van der Waals surface area contributed by atoms with E-state index >= 15 is 4.39 Å². The maximum absolute atomic E-state index is 15.5. The molecular weight excluding hydrogens is 608 g/mol. The smallest absolute Gasteiger partial charge is 0.409 e. The lowest BCUT2D eigenvalue weighted by molar-refractivity contribution is -0.133. The summed E-state index contributed by atoms with van der Waals surface area (Å²) in [5, 5.41) is 15.9. The van der Waals surface area contributed by atoms with Crippen LogP contribution in [0.4, 0.5) is 30.8 Å². The molecule has 2 heterocycles. The molecule has 11 nitrogen and oxygen atoms in total. The summed E-state index contributed by atoms with van der Waals surface area (Å²) in [5.74, 6) is -2.75. The van der Waals surface area contributed by atoms with Gasteiger partial charge in [0.05, 0.1) is 23.8 Å². The molecule has 0 saturated carbocycles. The second-order valence-electron chi connectivity index (χ2n) is 10.5. The lowest BCUT2D eigenvalue weighted by Crippen LogP contribution is -2.38. The first kappa shape index (κ1) is 31.4. The average Bonchev–Trinajstić information content (AvgIpc) is 3.50. The van der Waals surface area contributed by atoms with Crippen LogP contribution in [0.1, 0.15) is 43.0 Å². The maximum Gasteiger partial charge on any atom is 0.409 e. The third kappa shape index (κ3) is 6.32. The summed E-state index contributed by atoms with van der Waals surface area (Å²) in [4.78, 5) is 31.3. The molecule has 1 aliphatic rings. The molecular formula is C31H31F2N5O6S. The van der Waals surface area contributed by atoms with Crippen molar-refractivity contribution in [3.05, 3.63) is 83.6 Å². The Kier molecular flexibility index (Phi) is 8.77. The van der Waals surface area contributed by atoms with Crippen molar-refractivity contribution in [3.8, 4) is 5.75 Å². The van der Waals surface area contributed by atoms with E-state index in [1.54, 1.807) is 24.3 Å². The first-order chi connectivity index (χ1) is 21.4. The fourth-order valence-corrected chi connectivity index (χ4v) is 6.76. The van der Waals surface area contributed by atoms with Crippen LogP contribution in [-0.2, 0) is 14.6 Å². The zero-order valence-corrected chi connectivity index (χ0v) is 25.2. The van der Waals surface area contributed by atoms with E-state index in [2.05, 4.69) is 15.6 Å². The SMILES string of the molecule is CCS(=O)(=O)c1ccc(NC(=O)O)cc1[C@H]1CCCN1C(=O)[C@H](Nc1ccc2c(N)nccc2c1)c1cc(OC)c(F)cc1F. The molecule has 0 unspecified atom stereocenters. The predicted molar refractivity (Wildman–Crippen MR) is 165 cm³/mol. The highest BCUT2D eigenvalue weighted by molar-refractivity contribution is 7.91. The maximum atomic E-state index is 15.5. The molecule has 1 aliphatic heterocycles. The largest absolute Gasteiger partial charge is 0.494 e. The number of ether oxygens (including phenoxy) is 1. The van der Waals surface area contributed by atoms with Gasteiger partial charge in [0.15, 0.2) is 21.4 Å². The molecule has 5 rings (SSSR count). The summed E-state index contributed by atoms with van der Waals surface area (Å²) in [6, 6.07) is 10.4. The number of sulfone groups is 1. The lowest BCUT2D eigenvalue weighted by atomic mass is 10.00. The van der Waals surface area contributed by atoms with Crippen molar-refractivity contribution in [1.82, 2.24) is 9.88 Å². The Hall–Kier alpha value is -4.98. The Morgan fingerprint density at radius 3 is 2.58 bits per heavy atom. The second kappa shape index (κ2) is 12.6. The summed E-state index contributed by atoms with van der Waals surface area (Å²) < 4.78 is 61.2. The molecule has 4 aromatic rings. The molecule has 1 fully saturated rings. The number of nitrogens with one attached hydrogen (secondary N) is 2. The van der Waals surface area contributed by atoms with E-state index in [-0.39, 0.29) is 39.8 Å². The van der Waals surface area contributed by atoms with Crippen LogP contribution in [0.3, 0.4) is 0 Å². The van der Waals surface area contributed by atoms with Crippen LogP contribution in [0, 0.1) is 11.6 Å². The van der Waals surface area contributed by atoms with E-state index in [4.69, 9.17) is 10.5 Å². The van der Waals surface area contributed by atoms with Crippen molar-refractivity contribution in [1.29, 1.82) is 0 Å². The zero-order valence-electron chi connectivity index (χ0n) is 24.4. The Labute approximate surface area is 257 Å². The number of benzene rings is 3. The van der Waals surface area contributed by atoms with Gasteiger partial charge in [-0.1, -0.05) is 6.92 Å². The highest BCUT2D eigenvalue weighted by atomic mass is 32.2. The normalized spacial score (nSPS) is 15.6. The van der Waals surface area contributed by atoms with Gasteiger partial charge < -0.3 is 25.8 Å². The number of nitrogens with zero attached hydrogens (tertiary/aromatic N) is 2. The lowest BCUT2D eigenvalue weighted by Gasteiger charge is -2.31. The van der Waals surface area contributed by atoms with Crippen molar-refractivity contribution in [2.75, 3.05) is 35.8 Å². The minimum atomic E-state index is -3.79. The fourth-order valence-electron chi connectivity index (χ4n) is 5.62. The highest BCUT2D eigenvalue weighted by Gasteiger charge is 2.38. The molecule has 2 amide bonds. The molecule has 0 aliphatic carbocycles. The van der Waals surface area contributed by atoms with E-state index in [0.717, 1.165) is 6.07 Å². The third-order valence-electron chi connectivity index (χ3n) is 7.81. The topological polar surface area (TPSA) is 164 Å². The van der Waals surface area contributed by atoms with E-state index in [0.29, 0.717) is 41.2 Å². The van der Waals surface area contributed by atoms with E-state index < -0.39 is 45.6 Å². The fraction of sp³-hybridized carbons (Fsp3) is 0.258. The Balaban J connectivity index is 1.61. The second-order valence-corrected chi connectivity index (χ2v) is 12.7. The van der Waals surface area contributed by atoms with Crippen LogP contribution in [0.15, 0.2) is 65.7 Å². The number of nitrogen functional groups attached to an aromatic ring is 1. The van der Waals surface area contributed by atoms with Gasteiger partial charge in [0, 0.05) is 41.1 Å².